The molecule has 0 amide bonds. The zero-order chi connectivity index (χ0) is 14.8. The first-order valence-corrected chi connectivity index (χ1v) is 6.50. The molecule has 0 aliphatic heterocycles. The van der Waals surface area contributed by atoms with E-state index >= 15 is 0 Å². The van der Waals surface area contributed by atoms with Crippen LogP contribution in [0.3, 0.4) is 0 Å². The molecule has 2 aromatic carbocycles. The lowest BCUT2D eigenvalue weighted by Gasteiger charge is -1.97. The van der Waals surface area contributed by atoms with Crippen molar-refractivity contribution in [3.63, 3.8) is 0 Å². The average molecular weight is 314 g/mol. The summed E-state index contributed by atoms with van der Waals surface area (Å²) < 4.78 is 13.7. The van der Waals surface area contributed by atoms with E-state index in [9.17, 15) is 9.65 Å². The van der Waals surface area contributed by atoms with Gasteiger partial charge >= 0.3 is 0 Å². The second-order valence-electron chi connectivity index (χ2n) is 4.80. The number of aryl methyl sites for hydroxylation is 1. The maximum absolute atomic E-state index is 13.7. The van der Waals surface area contributed by atoms with E-state index in [1.54, 1.807) is 18.2 Å². The summed E-state index contributed by atoms with van der Waals surface area (Å²) in [4.78, 5) is 7.48. The smallest absolute Gasteiger partial charge is 0.149 e. The molecule has 0 radical (unpaired) electrons. The van der Waals surface area contributed by atoms with E-state index in [2.05, 4.69) is 16.0 Å². The summed E-state index contributed by atoms with van der Waals surface area (Å²) in [7, 11) is 0. The molecule has 3 nitrogen and oxygen atoms in total. The minimum atomic E-state index is -0.364. The fraction of sp³-hybridized carbons (Fsp3) is 0.0588. The number of benzene rings is 2. The number of nitriles is 1. The summed E-state index contributed by atoms with van der Waals surface area (Å²) >= 11 is 0. The van der Waals surface area contributed by atoms with Crippen LogP contribution in [0.1, 0.15) is 17.0 Å². The Morgan fingerprint density at radius 2 is 2.05 bits per heavy atom. The molecule has 0 aliphatic rings. The minimum absolute atomic E-state index is 0. The van der Waals surface area contributed by atoms with Gasteiger partial charge in [0, 0.05) is 5.56 Å². The molecule has 0 spiro atoms. The minimum Gasteiger partial charge on any atom is -0.337 e. The lowest BCUT2D eigenvalue weighted by Crippen LogP contribution is -1.87. The van der Waals surface area contributed by atoms with Crippen molar-refractivity contribution in [3.8, 4) is 6.07 Å². The number of aromatic amines is 1. The fourth-order valence-corrected chi connectivity index (χ4v) is 2.15. The number of H-pyrrole nitrogens is 1. The normalized spacial score (nSPS) is 11.0. The Kier molecular flexibility index (Phi) is 4.59. The Morgan fingerprint density at radius 1 is 1.27 bits per heavy atom. The van der Waals surface area contributed by atoms with Gasteiger partial charge in [-0.05, 0) is 36.8 Å². The third kappa shape index (κ3) is 3.00. The van der Waals surface area contributed by atoms with E-state index in [-0.39, 0.29) is 18.2 Å². The van der Waals surface area contributed by atoms with E-state index < -0.39 is 0 Å². The van der Waals surface area contributed by atoms with E-state index in [4.69, 9.17) is 0 Å². The van der Waals surface area contributed by atoms with Crippen molar-refractivity contribution in [1.29, 1.82) is 5.26 Å². The number of nitrogens with zero attached hydrogens (tertiary/aromatic N) is 2. The molecule has 0 saturated heterocycles. The van der Waals surface area contributed by atoms with Crippen LogP contribution in [0, 0.1) is 24.1 Å². The molecule has 1 heterocycles. The van der Waals surface area contributed by atoms with Crippen LogP contribution in [0.4, 0.5) is 4.39 Å². The molecule has 1 aromatic heterocycles. The van der Waals surface area contributed by atoms with Crippen LogP contribution >= 0.6 is 12.4 Å². The average Bonchev–Trinajstić information content (AvgIpc) is 2.89. The predicted octanol–water partition coefficient (Wildman–Crippen LogP) is 4.50. The van der Waals surface area contributed by atoms with Gasteiger partial charge in [0.1, 0.15) is 17.7 Å². The first kappa shape index (κ1) is 15.7. The molecule has 0 atom stereocenters. The summed E-state index contributed by atoms with van der Waals surface area (Å²) in [5, 5.41) is 9.31. The zero-order valence-corrected chi connectivity index (χ0v) is 12.6. The van der Waals surface area contributed by atoms with Gasteiger partial charge in [-0.25, -0.2) is 9.37 Å². The first-order chi connectivity index (χ1) is 10.2. The second-order valence-corrected chi connectivity index (χ2v) is 4.80. The van der Waals surface area contributed by atoms with Crippen LogP contribution in [0.15, 0.2) is 42.5 Å². The Hall–Kier alpha value is -2.64. The summed E-state index contributed by atoms with van der Waals surface area (Å²) in [6.07, 6.45) is 1.50. The molecular weight excluding hydrogens is 301 g/mol. The summed E-state index contributed by atoms with van der Waals surface area (Å²) in [6.45, 7) is 1.99. The number of fused-ring (bicyclic) bond motifs is 1. The Bertz CT molecular complexity index is 890. The Morgan fingerprint density at radius 3 is 2.77 bits per heavy atom. The predicted molar refractivity (Wildman–Crippen MR) is 88.0 cm³/mol. The number of rotatable bonds is 2. The third-order valence-electron chi connectivity index (χ3n) is 3.22. The lowest BCUT2D eigenvalue weighted by atomic mass is 10.1. The first-order valence-electron chi connectivity index (χ1n) is 6.50. The van der Waals surface area contributed by atoms with Crippen LogP contribution in [-0.4, -0.2) is 9.97 Å². The van der Waals surface area contributed by atoms with Gasteiger partial charge in [-0.1, -0.05) is 24.3 Å². The maximum atomic E-state index is 13.7. The van der Waals surface area contributed by atoms with Gasteiger partial charge in [0.25, 0.3) is 0 Å². The second kappa shape index (κ2) is 6.42. The maximum Gasteiger partial charge on any atom is 0.149 e. The molecule has 0 unspecified atom stereocenters. The molecule has 22 heavy (non-hydrogen) atoms. The number of hydrogen-bond donors (Lipinski definition) is 1. The molecular formula is C17H13ClFN3. The summed E-state index contributed by atoms with van der Waals surface area (Å²) in [5.74, 6) is 0.0820. The van der Waals surface area contributed by atoms with Crippen LogP contribution in [0.2, 0.25) is 0 Å². The van der Waals surface area contributed by atoms with Gasteiger partial charge in [0.05, 0.1) is 16.6 Å². The highest BCUT2D eigenvalue weighted by atomic mass is 35.5. The van der Waals surface area contributed by atoms with Gasteiger partial charge in [0.2, 0.25) is 0 Å². The monoisotopic (exact) mass is 313 g/mol. The summed E-state index contributed by atoms with van der Waals surface area (Å²) in [6, 6.07) is 14.2. The Labute approximate surface area is 133 Å². The third-order valence-corrected chi connectivity index (χ3v) is 3.22. The fourth-order valence-electron chi connectivity index (χ4n) is 2.15. The van der Waals surface area contributed by atoms with Crippen molar-refractivity contribution >= 4 is 35.1 Å². The van der Waals surface area contributed by atoms with E-state index in [1.807, 2.05) is 25.1 Å². The molecule has 5 heteroatoms. The van der Waals surface area contributed by atoms with Gasteiger partial charge in [-0.15, -0.1) is 12.4 Å². The van der Waals surface area contributed by atoms with Crippen LogP contribution in [0.25, 0.3) is 22.7 Å². The van der Waals surface area contributed by atoms with Crippen molar-refractivity contribution in [2.75, 3.05) is 0 Å². The number of hydrogen-bond acceptors (Lipinski definition) is 2. The lowest BCUT2D eigenvalue weighted by molar-refractivity contribution is 0.625. The molecule has 0 fully saturated rings. The van der Waals surface area contributed by atoms with Crippen molar-refractivity contribution in [2.24, 2.45) is 0 Å². The molecule has 0 aliphatic carbocycles. The van der Waals surface area contributed by atoms with Gasteiger partial charge < -0.3 is 4.98 Å². The number of nitrogens with one attached hydrogen (secondary N) is 1. The van der Waals surface area contributed by atoms with Crippen molar-refractivity contribution in [1.82, 2.24) is 9.97 Å². The molecule has 110 valence electrons. The standard InChI is InChI=1S/C17H12FN3.ClH/c1-11-6-7-15-16(8-11)21-17(20-15)13(10-19)9-12-4-2-3-5-14(12)18;/h2-9H,1H3,(H,20,21);1H/b13-9+;. The largest absolute Gasteiger partial charge is 0.337 e. The molecule has 3 aromatic rings. The molecule has 0 bridgehead atoms. The molecule has 3 rings (SSSR count). The quantitative estimate of drug-likeness (QED) is 0.708. The number of aromatic nitrogens is 2. The number of allylic oxidation sites excluding steroid dienone is 1. The van der Waals surface area contributed by atoms with E-state index in [1.165, 1.54) is 12.1 Å². The van der Waals surface area contributed by atoms with Crippen molar-refractivity contribution < 1.29 is 4.39 Å². The Balaban J connectivity index is 0.00000176. The highest BCUT2D eigenvalue weighted by molar-refractivity contribution is 5.90. The highest BCUT2D eigenvalue weighted by Crippen LogP contribution is 2.21. The topological polar surface area (TPSA) is 52.5 Å². The van der Waals surface area contributed by atoms with Gasteiger partial charge in [-0.3, -0.25) is 0 Å². The van der Waals surface area contributed by atoms with E-state index in [0.717, 1.165) is 16.6 Å². The molecule has 1 N–H and O–H groups in total. The zero-order valence-electron chi connectivity index (χ0n) is 11.8. The van der Waals surface area contributed by atoms with E-state index in [0.29, 0.717) is 17.0 Å². The van der Waals surface area contributed by atoms with Crippen LogP contribution in [-0.2, 0) is 0 Å². The van der Waals surface area contributed by atoms with Gasteiger partial charge in [0.15, 0.2) is 0 Å². The number of halogens is 2. The van der Waals surface area contributed by atoms with Gasteiger partial charge in [-0.2, -0.15) is 5.26 Å². The van der Waals surface area contributed by atoms with Crippen LogP contribution in [0.5, 0.6) is 0 Å². The number of imidazole rings is 1. The van der Waals surface area contributed by atoms with Crippen molar-refractivity contribution in [3.05, 3.63) is 65.2 Å². The van der Waals surface area contributed by atoms with Crippen LogP contribution < -0.4 is 0 Å². The van der Waals surface area contributed by atoms with Crippen molar-refractivity contribution in [2.45, 2.75) is 6.92 Å². The SMILES string of the molecule is Cc1ccc2nc(/C(C#N)=C/c3ccccc3F)[nH]c2c1.Cl. The highest BCUT2D eigenvalue weighted by Gasteiger charge is 2.09. The summed E-state index contributed by atoms with van der Waals surface area (Å²) in [5.41, 5.74) is 3.42. The molecule has 0 saturated carbocycles.